The van der Waals surface area contributed by atoms with Gasteiger partial charge in [-0.2, -0.15) is 0 Å². The molecule has 0 bridgehead atoms. The molecule has 5 rings (SSSR count). The number of rotatable bonds is 7. The summed E-state index contributed by atoms with van der Waals surface area (Å²) in [5, 5.41) is 12.9. The number of phenolic OH excluding ortho intramolecular Hbond substituents is 1. The van der Waals surface area contributed by atoms with Crippen LogP contribution in [0.4, 0.5) is 5.82 Å². The quantitative estimate of drug-likeness (QED) is 0.444. The summed E-state index contributed by atoms with van der Waals surface area (Å²) in [5.41, 5.74) is 1.58. The second-order valence-corrected chi connectivity index (χ2v) is 11.0. The van der Waals surface area contributed by atoms with Crippen LogP contribution in [0, 0.1) is 5.92 Å². The molecule has 1 aromatic carbocycles. The average molecular weight is 536 g/mol. The number of hydrogen-bond acceptors (Lipinski definition) is 8. The molecule has 2 aliphatic rings. The van der Waals surface area contributed by atoms with E-state index < -0.39 is 0 Å². The molecule has 38 heavy (non-hydrogen) atoms. The zero-order valence-electron chi connectivity index (χ0n) is 21.6. The summed E-state index contributed by atoms with van der Waals surface area (Å²) in [5.74, 6) is 1.53. The van der Waals surface area contributed by atoms with E-state index in [0.717, 1.165) is 65.2 Å². The minimum atomic E-state index is -0.159. The van der Waals surface area contributed by atoms with Crippen molar-refractivity contribution in [1.82, 2.24) is 20.2 Å². The molecular weight excluding hydrogens is 502 g/mol. The van der Waals surface area contributed by atoms with Crippen LogP contribution in [0.25, 0.3) is 21.6 Å². The number of fused-ring (bicyclic) bond motifs is 1. The fraction of sp³-hybridized carbons (Fsp3) is 0.429. The molecule has 3 aromatic rings. The summed E-state index contributed by atoms with van der Waals surface area (Å²) in [4.78, 5) is 39.6. The average Bonchev–Trinajstić information content (AvgIpc) is 3.35. The highest BCUT2D eigenvalue weighted by atomic mass is 32.1. The third-order valence-corrected chi connectivity index (χ3v) is 8.30. The first-order valence-electron chi connectivity index (χ1n) is 13.0. The van der Waals surface area contributed by atoms with Crippen LogP contribution in [0.3, 0.4) is 0 Å². The fourth-order valence-electron chi connectivity index (χ4n) is 5.17. The SMILES string of the molecule is C=CC(=O)NC1CCC(C(=O)N(C)Cc2cc3nc(-c4cccc(O)c4)nc(N4CCOCC4)c3s2)CC1. The Morgan fingerprint density at radius 2 is 1.97 bits per heavy atom. The standard InChI is InChI=1S/C28H33N5O4S/c1-3-24(35)29-20-9-7-18(8-10-20)28(36)32(2)17-22-16-23-25(38-22)27(33-11-13-37-14-12-33)31-26(30-23)19-5-4-6-21(34)15-19/h3-6,15-16,18,20,34H,1,7-14,17H2,2H3,(H,29,35). The Kier molecular flexibility index (Phi) is 7.90. The molecule has 2 aromatic heterocycles. The lowest BCUT2D eigenvalue weighted by molar-refractivity contribution is -0.135. The Morgan fingerprint density at radius 3 is 2.68 bits per heavy atom. The minimum absolute atomic E-state index is 0.0349. The highest BCUT2D eigenvalue weighted by molar-refractivity contribution is 7.19. The van der Waals surface area contributed by atoms with E-state index in [-0.39, 0.29) is 29.5 Å². The monoisotopic (exact) mass is 535 g/mol. The topological polar surface area (TPSA) is 108 Å². The number of carbonyl (C=O) groups is 2. The number of amides is 2. The molecule has 2 amide bonds. The predicted molar refractivity (Wildman–Crippen MR) is 148 cm³/mol. The fourth-order valence-corrected chi connectivity index (χ4v) is 6.34. The van der Waals surface area contributed by atoms with Crippen LogP contribution in [0.5, 0.6) is 5.75 Å². The van der Waals surface area contributed by atoms with Crippen LogP contribution in [0.2, 0.25) is 0 Å². The summed E-state index contributed by atoms with van der Waals surface area (Å²) in [7, 11) is 1.85. The number of phenols is 1. The Morgan fingerprint density at radius 1 is 1.21 bits per heavy atom. The summed E-state index contributed by atoms with van der Waals surface area (Å²) >= 11 is 1.62. The van der Waals surface area contributed by atoms with Gasteiger partial charge in [0.15, 0.2) is 11.6 Å². The van der Waals surface area contributed by atoms with Crippen LogP contribution in [0.15, 0.2) is 43.0 Å². The van der Waals surface area contributed by atoms with Crippen molar-refractivity contribution in [2.75, 3.05) is 38.3 Å². The van der Waals surface area contributed by atoms with Crippen molar-refractivity contribution in [3.8, 4) is 17.1 Å². The largest absolute Gasteiger partial charge is 0.508 e. The third-order valence-electron chi connectivity index (χ3n) is 7.20. The number of aromatic hydroxyl groups is 1. The first-order valence-corrected chi connectivity index (χ1v) is 13.8. The van der Waals surface area contributed by atoms with Gasteiger partial charge in [-0.3, -0.25) is 9.59 Å². The summed E-state index contributed by atoms with van der Waals surface area (Å²) in [6.45, 7) is 6.77. The smallest absolute Gasteiger partial charge is 0.243 e. The van der Waals surface area contributed by atoms with Gasteiger partial charge < -0.3 is 25.0 Å². The van der Waals surface area contributed by atoms with Gasteiger partial charge in [0.1, 0.15) is 5.75 Å². The molecule has 9 nitrogen and oxygen atoms in total. The number of carbonyl (C=O) groups excluding carboxylic acids is 2. The number of ether oxygens (including phenoxy) is 1. The highest BCUT2D eigenvalue weighted by Crippen LogP contribution is 2.36. The predicted octanol–water partition coefficient (Wildman–Crippen LogP) is 3.72. The number of nitrogens with one attached hydrogen (secondary N) is 1. The van der Waals surface area contributed by atoms with E-state index in [2.05, 4.69) is 16.8 Å². The molecule has 1 saturated heterocycles. The van der Waals surface area contributed by atoms with Gasteiger partial charge in [0.2, 0.25) is 11.8 Å². The number of hydrogen-bond donors (Lipinski definition) is 2. The van der Waals surface area contributed by atoms with Crippen molar-refractivity contribution in [3.63, 3.8) is 0 Å². The molecule has 1 aliphatic carbocycles. The zero-order valence-corrected chi connectivity index (χ0v) is 22.4. The van der Waals surface area contributed by atoms with Gasteiger partial charge in [0, 0.05) is 42.5 Å². The third kappa shape index (κ3) is 5.81. The number of morpholine rings is 1. The van der Waals surface area contributed by atoms with Gasteiger partial charge in [0.05, 0.1) is 30.0 Å². The maximum absolute atomic E-state index is 13.2. The van der Waals surface area contributed by atoms with E-state index in [1.807, 2.05) is 19.2 Å². The van der Waals surface area contributed by atoms with Crippen molar-refractivity contribution in [2.45, 2.75) is 38.3 Å². The minimum Gasteiger partial charge on any atom is -0.508 e. The highest BCUT2D eigenvalue weighted by Gasteiger charge is 2.29. The van der Waals surface area contributed by atoms with Crippen LogP contribution in [-0.4, -0.2) is 71.2 Å². The summed E-state index contributed by atoms with van der Waals surface area (Å²) in [6, 6.07) is 9.12. The second-order valence-electron chi connectivity index (χ2n) is 9.90. The Hall–Kier alpha value is -3.50. The van der Waals surface area contributed by atoms with Crippen LogP contribution < -0.4 is 10.2 Å². The van der Waals surface area contributed by atoms with E-state index in [1.165, 1.54) is 6.08 Å². The van der Waals surface area contributed by atoms with Crippen LogP contribution in [0.1, 0.15) is 30.6 Å². The molecule has 0 unspecified atom stereocenters. The van der Waals surface area contributed by atoms with Gasteiger partial charge >= 0.3 is 0 Å². The van der Waals surface area contributed by atoms with Gasteiger partial charge in [-0.25, -0.2) is 9.97 Å². The van der Waals surface area contributed by atoms with Gasteiger partial charge in [0.25, 0.3) is 0 Å². The molecule has 2 fully saturated rings. The van der Waals surface area contributed by atoms with E-state index in [4.69, 9.17) is 14.7 Å². The first kappa shape index (κ1) is 26.1. The zero-order chi connectivity index (χ0) is 26.6. The molecule has 1 aliphatic heterocycles. The molecule has 0 atom stereocenters. The maximum Gasteiger partial charge on any atom is 0.243 e. The van der Waals surface area contributed by atoms with E-state index >= 15 is 0 Å². The number of nitrogens with zero attached hydrogens (tertiary/aromatic N) is 4. The molecule has 1 saturated carbocycles. The Labute approximate surface area is 226 Å². The Balaban J connectivity index is 1.35. The van der Waals surface area contributed by atoms with E-state index in [0.29, 0.717) is 25.6 Å². The summed E-state index contributed by atoms with van der Waals surface area (Å²) in [6.07, 6.45) is 4.40. The molecule has 200 valence electrons. The van der Waals surface area contributed by atoms with Crippen LogP contribution >= 0.6 is 11.3 Å². The molecule has 2 N–H and O–H groups in total. The van der Waals surface area contributed by atoms with Gasteiger partial charge in [-0.15, -0.1) is 11.3 Å². The first-order chi connectivity index (χ1) is 18.4. The van der Waals surface area contributed by atoms with Crippen LogP contribution in [-0.2, 0) is 20.9 Å². The maximum atomic E-state index is 13.2. The molecule has 0 radical (unpaired) electrons. The molecule has 10 heteroatoms. The lowest BCUT2D eigenvalue weighted by Gasteiger charge is -2.30. The number of benzene rings is 1. The van der Waals surface area contributed by atoms with Gasteiger partial charge in [-0.1, -0.05) is 18.7 Å². The van der Waals surface area contributed by atoms with Crippen molar-refractivity contribution in [2.24, 2.45) is 5.92 Å². The van der Waals surface area contributed by atoms with Crippen molar-refractivity contribution < 1.29 is 19.4 Å². The number of anilines is 1. The molecule has 3 heterocycles. The lowest BCUT2D eigenvalue weighted by Crippen LogP contribution is -2.40. The second kappa shape index (κ2) is 11.5. The summed E-state index contributed by atoms with van der Waals surface area (Å²) < 4.78 is 6.54. The van der Waals surface area contributed by atoms with E-state index in [1.54, 1.807) is 34.4 Å². The normalized spacial score (nSPS) is 19.8. The van der Waals surface area contributed by atoms with E-state index in [9.17, 15) is 14.7 Å². The Bertz CT molecular complexity index is 1330. The molecule has 0 spiro atoms. The van der Waals surface area contributed by atoms with Gasteiger partial charge in [-0.05, 0) is 50.0 Å². The molecular formula is C28H33N5O4S. The van der Waals surface area contributed by atoms with Crippen molar-refractivity contribution >= 4 is 39.2 Å². The lowest BCUT2D eigenvalue weighted by atomic mass is 9.85. The number of thiophene rings is 1. The number of aromatic nitrogens is 2. The van der Waals surface area contributed by atoms with Crippen molar-refractivity contribution in [1.29, 1.82) is 0 Å². The van der Waals surface area contributed by atoms with Crippen molar-refractivity contribution in [3.05, 3.63) is 47.9 Å².